The Bertz CT molecular complexity index is 1050. The van der Waals surface area contributed by atoms with Crippen molar-refractivity contribution in [3.05, 3.63) is 59.7 Å². The highest BCUT2D eigenvalue weighted by Crippen LogP contribution is 2.18. The molecular formula is C20H19N5O4. The highest BCUT2D eigenvalue weighted by molar-refractivity contribution is 5.98. The van der Waals surface area contributed by atoms with E-state index >= 15 is 0 Å². The first-order chi connectivity index (χ1) is 14.1. The van der Waals surface area contributed by atoms with Crippen molar-refractivity contribution in [2.75, 3.05) is 19.6 Å². The minimum absolute atomic E-state index is 0.106. The number of nitrogens with one attached hydrogen (secondary N) is 1. The number of carbonyl (C=O) groups excluding carboxylic acids is 3. The molecule has 0 aliphatic carbocycles. The molecule has 2 aromatic carbocycles. The monoisotopic (exact) mass is 393 g/mol. The summed E-state index contributed by atoms with van der Waals surface area (Å²) in [6, 6.07) is 13.7. The molecule has 1 aliphatic rings. The van der Waals surface area contributed by atoms with Gasteiger partial charge in [-0.25, -0.2) is 9.64 Å². The lowest BCUT2D eigenvalue weighted by atomic mass is 10.2. The molecular weight excluding hydrogens is 374 g/mol. The van der Waals surface area contributed by atoms with Crippen LogP contribution in [0.25, 0.3) is 11.0 Å². The van der Waals surface area contributed by atoms with Gasteiger partial charge in [-0.05, 0) is 47.1 Å². The van der Waals surface area contributed by atoms with Crippen LogP contribution in [0.3, 0.4) is 0 Å². The normalized spacial score (nSPS) is 13.7. The summed E-state index contributed by atoms with van der Waals surface area (Å²) in [5.74, 6) is -0.732. The number of aromatic nitrogens is 2. The van der Waals surface area contributed by atoms with E-state index in [0.717, 1.165) is 0 Å². The average Bonchev–Trinajstić information content (AvgIpc) is 3.42. The van der Waals surface area contributed by atoms with E-state index in [1.54, 1.807) is 42.5 Å². The number of carbonyl (C=O) groups is 3. The molecule has 0 bridgehead atoms. The standard InChI is InChI=1S/C20H19N5O4/c26-18(9-10-21-19(27)14-5-2-1-3-6-14)24-11-4-12-25(24)20(28)15-7-8-16-17(13-15)23-29-22-16/h1-3,5-8,13H,4,9-12H2,(H,21,27). The first-order valence-corrected chi connectivity index (χ1v) is 9.31. The van der Waals surface area contributed by atoms with Crippen molar-refractivity contribution in [1.82, 2.24) is 25.6 Å². The lowest BCUT2D eigenvalue weighted by Gasteiger charge is -2.28. The molecule has 1 aliphatic heterocycles. The summed E-state index contributed by atoms with van der Waals surface area (Å²) in [6.07, 6.45) is 0.802. The molecule has 0 radical (unpaired) electrons. The van der Waals surface area contributed by atoms with Crippen LogP contribution in [-0.2, 0) is 4.79 Å². The Balaban J connectivity index is 1.36. The Labute approximate surface area is 166 Å². The van der Waals surface area contributed by atoms with Crippen molar-refractivity contribution in [2.45, 2.75) is 12.8 Å². The molecule has 0 atom stereocenters. The van der Waals surface area contributed by atoms with Gasteiger partial charge in [-0.2, -0.15) is 0 Å². The number of benzene rings is 2. The molecule has 3 amide bonds. The van der Waals surface area contributed by atoms with E-state index < -0.39 is 0 Å². The number of hydrazine groups is 1. The minimum atomic E-state index is -0.283. The van der Waals surface area contributed by atoms with Crippen molar-refractivity contribution >= 4 is 28.8 Å². The van der Waals surface area contributed by atoms with Crippen LogP contribution in [0, 0.1) is 0 Å². The van der Waals surface area contributed by atoms with E-state index in [4.69, 9.17) is 0 Å². The van der Waals surface area contributed by atoms with E-state index in [1.165, 1.54) is 10.0 Å². The number of fused-ring (bicyclic) bond motifs is 1. The number of hydrogen-bond donors (Lipinski definition) is 1. The third kappa shape index (κ3) is 3.93. The molecule has 1 saturated heterocycles. The second-order valence-electron chi connectivity index (χ2n) is 6.64. The zero-order valence-corrected chi connectivity index (χ0v) is 15.6. The smallest absolute Gasteiger partial charge is 0.272 e. The molecule has 1 aromatic heterocycles. The van der Waals surface area contributed by atoms with Crippen LogP contribution in [-0.4, -0.2) is 57.7 Å². The minimum Gasteiger partial charge on any atom is -0.352 e. The van der Waals surface area contributed by atoms with E-state index in [2.05, 4.69) is 20.3 Å². The topological polar surface area (TPSA) is 109 Å². The van der Waals surface area contributed by atoms with Crippen LogP contribution in [0.1, 0.15) is 33.6 Å². The molecule has 9 nitrogen and oxygen atoms in total. The zero-order valence-electron chi connectivity index (χ0n) is 15.6. The summed E-state index contributed by atoms with van der Waals surface area (Å²) < 4.78 is 4.66. The second-order valence-corrected chi connectivity index (χ2v) is 6.64. The Morgan fingerprint density at radius 1 is 0.931 bits per heavy atom. The van der Waals surface area contributed by atoms with Gasteiger partial charge < -0.3 is 5.32 Å². The molecule has 9 heteroatoms. The Hall–Kier alpha value is -3.75. The van der Waals surface area contributed by atoms with E-state index in [0.29, 0.717) is 41.7 Å². The van der Waals surface area contributed by atoms with Crippen LogP contribution in [0.2, 0.25) is 0 Å². The first kappa shape index (κ1) is 18.6. The van der Waals surface area contributed by atoms with Crippen LogP contribution in [0.4, 0.5) is 0 Å². The molecule has 0 spiro atoms. The third-order valence-electron chi connectivity index (χ3n) is 4.71. The van der Waals surface area contributed by atoms with Gasteiger partial charge in [0, 0.05) is 37.2 Å². The molecule has 29 heavy (non-hydrogen) atoms. The molecule has 3 aromatic rings. The van der Waals surface area contributed by atoms with Gasteiger partial charge in [0.15, 0.2) is 0 Å². The lowest BCUT2D eigenvalue weighted by molar-refractivity contribution is -0.140. The van der Waals surface area contributed by atoms with Gasteiger partial charge in [0.25, 0.3) is 11.8 Å². The maximum absolute atomic E-state index is 12.9. The van der Waals surface area contributed by atoms with Crippen molar-refractivity contribution in [3.63, 3.8) is 0 Å². The van der Waals surface area contributed by atoms with Gasteiger partial charge in [0.2, 0.25) is 5.91 Å². The summed E-state index contributed by atoms with van der Waals surface area (Å²) in [5, 5.41) is 13.1. The molecule has 148 valence electrons. The zero-order chi connectivity index (χ0) is 20.2. The molecule has 0 saturated carbocycles. The quantitative estimate of drug-likeness (QED) is 0.706. The number of nitrogens with zero attached hydrogens (tertiary/aromatic N) is 4. The van der Waals surface area contributed by atoms with E-state index in [-0.39, 0.29) is 30.7 Å². The summed E-state index contributed by atoms with van der Waals surface area (Å²) in [7, 11) is 0. The van der Waals surface area contributed by atoms with Crippen molar-refractivity contribution in [2.24, 2.45) is 0 Å². The fourth-order valence-electron chi connectivity index (χ4n) is 3.25. The maximum Gasteiger partial charge on any atom is 0.272 e. The first-order valence-electron chi connectivity index (χ1n) is 9.31. The molecule has 1 fully saturated rings. The lowest BCUT2D eigenvalue weighted by Crippen LogP contribution is -2.45. The van der Waals surface area contributed by atoms with Crippen LogP contribution >= 0.6 is 0 Å². The van der Waals surface area contributed by atoms with Crippen molar-refractivity contribution < 1.29 is 19.0 Å². The fraction of sp³-hybridized carbons (Fsp3) is 0.250. The summed E-state index contributed by atoms with van der Waals surface area (Å²) in [4.78, 5) is 37.6. The Morgan fingerprint density at radius 2 is 1.69 bits per heavy atom. The molecule has 1 N–H and O–H groups in total. The SMILES string of the molecule is O=C(NCCC(=O)N1CCCN1C(=O)c1ccc2nonc2c1)c1ccccc1. The molecule has 2 heterocycles. The van der Waals surface area contributed by atoms with E-state index in [9.17, 15) is 14.4 Å². The Kier molecular flexibility index (Phi) is 5.19. The van der Waals surface area contributed by atoms with Crippen molar-refractivity contribution in [1.29, 1.82) is 0 Å². The van der Waals surface area contributed by atoms with Gasteiger partial charge in [-0.3, -0.25) is 19.4 Å². The van der Waals surface area contributed by atoms with Gasteiger partial charge in [0.1, 0.15) is 11.0 Å². The van der Waals surface area contributed by atoms with Gasteiger partial charge in [0.05, 0.1) is 0 Å². The highest BCUT2D eigenvalue weighted by Gasteiger charge is 2.31. The van der Waals surface area contributed by atoms with Crippen LogP contribution < -0.4 is 5.32 Å². The van der Waals surface area contributed by atoms with Crippen LogP contribution in [0.5, 0.6) is 0 Å². The third-order valence-corrected chi connectivity index (χ3v) is 4.71. The summed E-state index contributed by atoms with van der Waals surface area (Å²) in [5.41, 5.74) is 1.99. The highest BCUT2D eigenvalue weighted by atomic mass is 16.6. The Morgan fingerprint density at radius 3 is 2.52 bits per heavy atom. The summed E-state index contributed by atoms with van der Waals surface area (Å²) >= 11 is 0. The van der Waals surface area contributed by atoms with Gasteiger partial charge in [-0.1, -0.05) is 18.2 Å². The average molecular weight is 393 g/mol. The predicted octanol–water partition coefficient (Wildman–Crippen LogP) is 1.63. The number of rotatable bonds is 5. The largest absolute Gasteiger partial charge is 0.352 e. The van der Waals surface area contributed by atoms with Crippen molar-refractivity contribution in [3.8, 4) is 0 Å². The van der Waals surface area contributed by atoms with E-state index in [1.807, 2.05) is 6.07 Å². The van der Waals surface area contributed by atoms with Crippen LogP contribution in [0.15, 0.2) is 53.2 Å². The van der Waals surface area contributed by atoms with Gasteiger partial charge >= 0.3 is 0 Å². The molecule has 0 unspecified atom stereocenters. The maximum atomic E-state index is 12.9. The summed E-state index contributed by atoms with van der Waals surface area (Å²) in [6.45, 7) is 1.11. The van der Waals surface area contributed by atoms with Gasteiger partial charge in [-0.15, -0.1) is 0 Å². The molecule has 4 rings (SSSR count). The predicted molar refractivity (Wildman–Crippen MR) is 103 cm³/mol. The fourth-order valence-corrected chi connectivity index (χ4v) is 3.25. The number of hydrogen-bond acceptors (Lipinski definition) is 6. The number of amides is 3. The second kappa shape index (κ2) is 8.09.